The number of ether oxygens (including phenoxy) is 1. The molecule has 0 fully saturated rings. The van der Waals surface area contributed by atoms with Crippen LogP contribution >= 0.6 is 0 Å². The molecule has 154 valence electrons. The fourth-order valence-electron chi connectivity index (χ4n) is 2.09. The summed E-state index contributed by atoms with van der Waals surface area (Å²) in [4.78, 5) is 23.2. The molecule has 2 aromatic rings. The number of esters is 1. The Morgan fingerprint density at radius 1 is 1.10 bits per heavy atom. The Kier molecular flexibility index (Phi) is 6.77. The van der Waals surface area contributed by atoms with Crippen molar-refractivity contribution in [2.45, 2.75) is 11.1 Å². The molecule has 0 aliphatic rings. The van der Waals surface area contributed by atoms with Gasteiger partial charge in [-0.1, -0.05) is 12.1 Å². The molecule has 0 aliphatic carbocycles. The average Bonchev–Trinajstić information content (AvgIpc) is 2.64. The summed E-state index contributed by atoms with van der Waals surface area (Å²) >= 11 is 0. The van der Waals surface area contributed by atoms with Crippen LogP contribution in [-0.4, -0.2) is 26.9 Å². The second kappa shape index (κ2) is 8.88. The minimum absolute atomic E-state index is 0.135. The lowest BCUT2D eigenvalue weighted by molar-refractivity contribution is -0.142. The Morgan fingerprint density at radius 2 is 1.76 bits per heavy atom. The highest BCUT2D eigenvalue weighted by molar-refractivity contribution is 7.89. The topological polar surface area (TPSA) is 116 Å². The van der Waals surface area contributed by atoms with Gasteiger partial charge in [-0.05, 0) is 48.0 Å². The summed E-state index contributed by atoms with van der Waals surface area (Å²) in [7, 11) is -3.86. The van der Waals surface area contributed by atoms with E-state index in [9.17, 15) is 31.2 Å². The maximum Gasteiger partial charge on any atom is 0.416 e. The standard InChI is InChI=1S/C18H15F3N2O5S/c19-18(20,21)13-3-1-2-12(10-13)4-9-17(25)28-11-16(24)23-14-5-7-15(8-6-14)29(22,26)27/h1-10H,11H2,(H,23,24)(H2,22,26,27)/b9-4+. The lowest BCUT2D eigenvalue weighted by Crippen LogP contribution is -2.20. The van der Waals surface area contributed by atoms with Crippen LogP contribution in [0.2, 0.25) is 0 Å². The van der Waals surface area contributed by atoms with Crippen molar-refractivity contribution in [2.24, 2.45) is 5.14 Å². The summed E-state index contributed by atoms with van der Waals surface area (Å²) in [5.74, 6) is -1.63. The van der Waals surface area contributed by atoms with Gasteiger partial charge in [0.2, 0.25) is 10.0 Å². The molecule has 0 atom stereocenters. The van der Waals surface area contributed by atoms with Gasteiger partial charge in [-0.25, -0.2) is 18.4 Å². The van der Waals surface area contributed by atoms with Gasteiger partial charge in [0.1, 0.15) is 0 Å². The highest BCUT2D eigenvalue weighted by Crippen LogP contribution is 2.29. The molecular formula is C18H15F3N2O5S. The second-order valence-corrected chi connectivity index (χ2v) is 7.24. The SMILES string of the molecule is NS(=O)(=O)c1ccc(NC(=O)COC(=O)/C=C/c2cccc(C(F)(F)F)c2)cc1. The zero-order valence-corrected chi connectivity index (χ0v) is 15.5. The summed E-state index contributed by atoms with van der Waals surface area (Å²) in [6.45, 7) is -0.650. The molecule has 0 saturated carbocycles. The Hall–Kier alpha value is -3.18. The van der Waals surface area contributed by atoms with Crippen LogP contribution in [0.4, 0.5) is 18.9 Å². The molecule has 0 spiro atoms. The van der Waals surface area contributed by atoms with Crippen molar-refractivity contribution < 1.29 is 35.9 Å². The zero-order chi connectivity index (χ0) is 21.7. The summed E-state index contributed by atoms with van der Waals surface area (Å²) in [6.07, 6.45) is -2.49. The van der Waals surface area contributed by atoms with E-state index in [1.54, 1.807) is 0 Å². The van der Waals surface area contributed by atoms with Crippen LogP contribution in [0.25, 0.3) is 6.08 Å². The molecule has 0 bridgehead atoms. The third kappa shape index (κ3) is 7.05. The molecule has 0 radical (unpaired) electrons. The van der Waals surface area contributed by atoms with Crippen LogP contribution in [0.5, 0.6) is 0 Å². The quantitative estimate of drug-likeness (QED) is 0.542. The van der Waals surface area contributed by atoms with Crippen molar-refractivity contribution in [1.82, 2.24) is 0 Å². The lowest BCUT2D eigenvalue weighted by atomic mass is 10.1. The van der Waals surface area contributed by atoms with Crippen LogP contribution in [-0.2, 0) is 30.5 Å². The molecule has 7 nitrogen and oxygen atoms in total. The minimum atomic E-state index is -4.50. The highest BCUT2D eigenvalue weighted by Gasteiger charge is 2.30. The molecule has 11 heteroatoms. The van der Waals surface area contributed by atoms with E-state index in [0.717, 1.165) is 24.3 Å². The summed E-state index contributed by atoms with van der Waals surface area (Å²) in [5.41, 5.74) is -0.477. The number of hydrogen-bond acceptors (Lipinski definition) is 5. The van der Waals surface area contributed by atoms with Gasteiger partial charge in [0.25, 0.3) is 5.91 Å². The van der Waals surface area contributed by atoms with Crippen molar-refractivity contribution in [3.05, 3.63) is 65.7 Å². The van der Waals surface area contributed by atoms with Crippen LogP contribution in [0, 0.1) is 0 Å². The minimum Gasteiger partial charge on any atom is -0.452 e. The first-order valence-corrected chi connectivity index (χ1v) is 9.44. The number of carbonyl (C=O) groups is 2. The predicted octanol–water partition coefficient (Wildman–Crippen LogP) is 2.55. The number of rotatable bonds is 6. The van der Waals surface area contributed by atoms with E-state index in [1.807, 2.05) is 0 Å². The van der Waals surface area contributed by atoms with Crippen molar-refractivity contribution >= 4 is 33.7 Å². The molecule has 2 aromatic carbocycles. The van der Waals surface area contributed by atoms with Gasteiger partial charge >= 0.3 is 12.1 Å². The van der Waals surface area contributed by atoms with Crippen molar-refractivity contribution in [3.63, 3.8) is 0 Å². The molecule has 0 heterocycles. The van der Waals surface area contributed by atoms with Gasteiger partial charge in [0.15, 0.2) is 6.61 Å². The van der Waals surface area contributed by atoms with Crippen LogP contribution in [0.3, 0.4) is 0 Å². The van der Waals surface area contributed by atoms with Crippen LogP contribution < -0.4 is 10.5 Å². The van der Waals surface area contributed by atoms with Gasteiger partial charge in [0, 0.05) is 11.8 Å². The smallest absolute Gasteiger partial charge is 0.416 e. The van der Waals surface area contributed by atoms with Crippen LogP contribution in [0.15, 0.2) is 59.5 Å². The molecule has 0 aromatic heterocycles. The number of benzene rings is 2. The number of alkyl halides is 3. The molecule has 0 aliphatic heterocycles. The number of halogens is 3. The number of anilines is 1. The van der Waals surface area contributed by atoms with Crippen molar-refractivity contribution in [1.29, 1.82) is 0 Å². The normalized spacial score (nSPS) is 12.0. The number of amides is 1. The molecule has 0 unspecified atom stereocenters. The Bertz CT molecular complexity index is 1030. The first-order chi connectivity index (χ1) is 13.4. The van der Waals surface area contributed by atoms with Crippen molar-refractivity contribution in [2.75, 3.05) is 11.9 Å². The summed E-state index contributed by atoms with van der Waals surface area (Å²) < 4.78 is 64.9. The van der Waals surface area contributed by atoms with E-state index in [2.05, 4.69) is 5.32 Å². The largest absolute Gasteiger partial charge is 0.452 e. The van der Waals surface area contributed by atoms with E-state index in [0.29, 0.717) is 0 Å². The Morgan fingerprint density at radius 3 is 2.34 bits per heavy atom. The van der Waals surface area contributed by atoms with E-state index in [-0.39, 0.29) is 16.1 Å². The fraction of sp³-hybridized carbons (Fsp3) is 0.111. The number of nitrogens with one attached hydrogen (secondary N) is 1. The first-order valence-electron chi connectivity index (χ1n) is 7.90. The molecule has 2 rings (SSSR count). The zero-order valence-electron chi connectivity index (χ0n) is 14.6. The average molecular weight is 428 g/mol. The molecule has 0 saturated heterocycles. The number of primary sulfonamides is 1. The number of nitrogens with two attached hydrogens (primary N) is 1. The monoisotopic (exact) mass is 428 g/mol. The van der Waals surface area contributed by atoms with Gasteiger partial charge in [-0.15, -0.1) is 0 Å². The van der Waals surface area contributed by atoms with Gasteiger partial charge < -0.3 is 10.1 Å². The molecule has 1 amide bonds. The molecule has 3 N–H and O–H groups in total. The molecular weight excluding hydrogens is 413 g/mol. The van der Waals surface area contributed by atoms with E-state index in [1.165, 1.54) is 36.4 Å². The summed E-state index contributed by atoms with van der Waals surface area (Å²) in [6, 6.07) is 9.31. The van der Waals surface area contributed by atoms with Crippen LogP contribution in [0.1, 0.15) is 11.1 Å². The Labute approximate surface area is 164 Å². The maximum absolute atomic E-state index is 12.6. The maximum atomic E-state index is 12.6. The third-order valence-electron chi connectivity index (χ3n) is 3.44. The first kappa shape index (κ1) is 22.1. The Balaban J connectivity index is 1.87. The van der Waals surface area contributed by atoms with Crippen molar-refractivity contribution in [3.8, 4) is 0 Å². The van der Waals surface area contributed by atoms with E-state index < -0.39 is 40.2 Å². The van der Waals surface area contributed by atoms with Gasteiger partial charge in [-0.2, -0.15) is 13.2 Å². The number of hydrogen-bond donors (Lipinski definition) is 2. The van der Waals surface area contributed by atoms with Gasteiger partial charge in [-0.3, -0.25) is 4.79 Å². The second-order valence-electron chi connectivity index (χ2n) is 5.68. The van der Waals surface area contributed by atoms with Gasteiger partial charge in [0.05, 0.1) is 10.5 Å². The highest BCUT2D eigenvalue weighted by atomic mass is 32.2. The lowest BCUT2D eigenvalue weighted by Gasteiger charge is -2.07. The summed E-state index contributed by atoms with van der Waals surface area (Å²) in [5, 5.41) is 7.33. The third-order valence-corrected chi connectivity index (χ3v) is 4.37. The number of carbonyl (C=O) groups excluding carboxylic acids is 2. The van der Waals surface area contributed by atoms with E-state index in [4.69, 9.17) is 9.88 Å². The predicted molar refractivity (Wildman–Crippen MR) is 97.9 cm³/mol. The fourth-order valence-corrected chi connectivity index (χ4v) is 2.61. The molecule has 29 heavy (non-hydrogen) atoms. The number of sulfonamides is 1. The van der Waals surface area contributed by atoms with E-state index >= 15 is 0 Å².